The number of methoxy groups -OCH3 is 1. The molecule has 1 aliphatic carbocycles. The van der Waals surface area contributed by atoms with Crippen molar-refractivity contribution in [2.45, 2.75) is 63.1 Å². The Kier molecular flexibility index (Phi) is 7.75. The molecule has 29 heavy (non-hydrogen) atoms. The van der Waals surface area contributed by atoms with Crippen molar-refractivity contribution in [2.24, 2.45) is 0 Å². The summed E-state index contributed by atoms with van der Waals surface area (Å²) in [5.41, 5.74) is 2.18. The van der Waals surface area contributed by atoms with Gasteiger partial charge in [0, 0.05) is 6.04 Å². The maximum atomic E-state index is 12.9. The lowest BCUT2D eigenvalue weighted by Gasteiger charge is -2.22. The van der Waals surface area contributed by atoms with Gasteiger partial charge in [-0.1, -0.05) is 38.3 Å². The Morgan fingerprint density at radius 2 is 1.93 bits per heavy atom. The summed E-state index contributed by atoms with van der Waals surface area (Å²) in [6.07, 6.45) is 8.45. The van der Waals surface area contributed by atoms with Crippen LogP contribution in [-0.4, -0.2) is 40.6 Å². The van der Waals surface area contributed by atoms with Crippen LogP contribution < -0.4 is 5.32 Å². The monoisotopic (exact) mass is 415 g/mol. The van der Waals surface area contributed by atoms with Crippen LogP contribution in [0.15, 0.2) is 35.5 Å². The Bertz CT molecular complexity index is 826. The zero-order valence-corrected chi connectivity index (χ0v) is 18.0. The van der Waals surface area contributed by atoms with Gasteiger partial charge in [0.15, 0.2) is 0 Å². The molecule has 1 heterocycles. The van der Waals surface area contributed by atoms with E-state index in [1.165, 1.54) is 26.4 Å². The topological polar surface area (TPSA) is 73.2 Å². The van der Waals surface area contributed by atoms with E-state index in [0.717, 1.165) is 35.6 Å². The number of carbonyl (C=O) groups excluding carboxylic acids is 2. The van der Waals surface area contributed by atoms with Crippen molar-refractivity contribution in [3.8, 4) is 0 Å². The van der Waals surface area contributed by atoms with Crippen molar-refractivity contribution in [2.75, 3.05) is 12.9 Å². The van der Waals surface area contributed by atoms with Crippen molar-refractivity contribution in [1.82, 2.24) is 15.1 Å². The molecule has 1 aromatic carbocycles. The van der Waals surface area contributed by atoms with Gasteiger partial charge in [-0.05, 0) is 42.7 Å². The van der Waals surface area contributed by atoms with Gasteiger partial charge in [0.1, 0.15) is 5.03 Å². The maximum absolute atomic E-state index is 12.9. The van der Waals surface area contributed by atoms with E-state index in [2.05, 4.69) is 17.3 Å². The van der Waals surface area contributed by atoms with E-state index in [1.54, 1.807) is 30.1 Å². The van der Waals surface area contributed by atoms with Crippen molar-refractivity contribution in [1.29, 1.82) is 0 Å². The van der Waals surface area contributed by atoms with Crippen LogP contribution >= 0.6 is 11.8 Å². The molecule has 1 N–H and O–H groups in total. The van der Waals surface area contributed by atoms with Gasteiger partial charge < -0.3 is 10.1 Å². The summed E-state index contributed by atoms with van der Waals surface area (Å²) in [7, 11) is 1.37. The van der Waals surface area contributed by atoms with E-state index in [0.29, 0.717) is 17.7 Å². The number of amides is 1. The van der Waals surface area contributed by atoms with Gasteiger partial charge in [-0.2, -0.15) is 5.10 Å². The van der Waals surface area contributed by atoms with Gasteiger partial charge >= 0.3 is 5.97 Å². The molecular weight excluding hydrogens is 386 g/mol. The van der Waals surface area contributed by atoms with Gasteiger partial charge in [0.05, 0.1) is 31.0 Å². The van der Waals surface area contributed by atoms with Crippen LogP contribution in [0.1, 0.15) is 71.7 Å². The number of ether oxygens (including phenoxy) is 1. The Morgan fingerprint density at radius 1 is 1.21 bits per heavy atom. The van der Waals surface area contributed by atoms with Crippen molar-refractivity contribution in [3.63, 3.8) is 0 Å². The minimum absolute atomic E-state index is 0.0252. The predicted octanol–water partition coefficient (Wildman–Crippen LogP) is 4.28. The number of hydrogen-bond donors (Lipinski definition) is 1. The molecule has 2 aromatic rings. The zero-order chi connectivity index (χ0) is 20.6. The molecule has 3 rings (SSSR count). The molecule has 1 aromatic heterocycles. The Balaban J connectivity index is 1.75. The van der Waals surface area contributed by atoms with Crippen LogP contribution in [0.5, 0.6) is 0 Å². The second kappa shape index (κ2) is 10.5. The normalized spacial score (nSPS) is 14.6. The molecule has 1 fully saturated rings. The maximum Gasteiger partial charge on any atom is 0.337 e. The van der Waals surface area contributed by atoms with Crippen molar-refractivity contribution in [3.05, 3.63) is 47.2 Å². The smallest absolute Gasteiger partial charge is 0.337 e. The average molecular weight is 416 g/mol. The first-order valence-electron chi connectivity index (χ1n) is 10.3. The molecule has 156 valence electrons. The third-order valence-electron chi connectivity index (χ3n) is 5.13. The van der Waals surface area contributed by atoms with Crippen LogP contribution in [0, 0.1) is 0 Å². The fourth-order valence-corrected chi connectivity index (χ4v) is 4.50. The first-order chi connectivity index (χ1) is 14.1. The molecule has 6 nitrogen and oxygen atoms in total. The molecule has 0 radical (unpaired) electrons. The zero-order valence-electron chi connectivity index (χ0n) is 17.1. The molecule has 1 amide bonds. The van der Waals surface area contributed by atoms with E-state index < -0.39 is 0 Å². The number of thioether (sulfide) groups is 1. The Morgan fingerprint density at radius 3 is 2.59 bits per heavy atom. The van der Waals surface area contributed by atoms with Crippen molar-refractivity contribution >= 4 is 23.6 Å². The molecular formula is C22H29N3O3S. The third kappa shape index (κ3) is 5.63. The molecule has 1 saturated carbocycles. The number of carbonyl (C=O) groups is 2. The summed E-state index contributed by atoms with van der Waals surface area (Å²) in [5.74, 6) is 0.552. The largest absolute Gasteiger partial charge is 0.465 e. The second-order valence-electron chi connectivity index (χ2n) is 7.37. The molecule has 0 unspecified atom stereocenters. The lowest BCUT2D eigenvalue weighted by Crippen LogP contribution is -2.36. The van der Waals surface area contributed by atoms with Crippen molar-refractivity contribution < 1.29 is 14.3 Å². The van der Waals surface area contributed by atoms with Crippen LogP contribution in [0.3, 0.4) is 0 Å². The Hall–Kier alpha value is -2.28. The highest BCUT2D eigenvalue weighted by atomic mass is 32.2. The summed E-state index contributed by atoms with van der Waals surface area (Å²) in [4.78, 5) is 24.5. The molecule has 1 aliphatic rings. The Labute approximate surface area is 176 Å². The number of nitrogens with zero attached hydrogens (tertiary/aromatic N) is 2. The summed E-state index contributed by atoms with van der Waals surface area (Å²) in [5, 5.41) is 8.59. The van der Waals surface area contributed by atoms with Gasteiger partial charge in [-0.3, -0.25) is 9.48 Å². The highest BCUT2D eigenvalue weighted by Crippen LogP contribution is 2.25. The minimum atomic E-state index is -0.350. The third-order valence-corrected chi connectivity index (χ3v) is 6.44. The lowest BCUT2D eigenvalue weighted by atomic mass is 9.95. The van der Waals surface area contributed by atoms with E-state index in [-0.39, 0.29) is 17.9 Å². The standard InChI is InChI=1S/C22H29N3O3S/c1-3-13-29-21-19(20(26)24-18-7-5-4-6-8-18)14-23-25(21)15-16-9-11-17(12-10-16)22(27)28-2/h9-12,14,18H,3-8,13,15H2,1-2H3,(H,24,26). The van der Waals surface area contributed by atoms with Crippen LogP contribution in [0.4, 0.5) is 0 Å². The minimum Gasteiger partial charge on any atom is -0.465 e. The first kappa shape index (κ1) is 21.4. The van der Waals surface area contributed by atoms with Crippen LogP contribution in [0.2, 0.25) is 0 Å². The highest BCUT2D eigenvalue weighted by Gasteiger charge is 2.22. The summed E-state index contributed by atoms with van der Waals surface area (Å²) < 4.78 is 6.62. The van der Waals surface area contributed by atoms with Gasteiger partial charge in [0.25, 0.3) is 5.91 Å². The van der Waals surface area contributed by atoms with Gasteiger partial charge in [0.2, 0.25) is 0 Å². The fourth-order valence-electron chi connectivity index (χ4n) is 3.54. The predicted molar refractivity (Wildman–Crippen MR) is 114 cm³/mol. The number of esters is 1. The lowest BCUT2D eigenvalue weighted by molar-refractivity contribution is 0.0600. The van der Waals surface area contributed by atoms with E-state index in [4.69, 9.17) is 4.74 Å². The highest BCUT2D eigenvalue weighted by molar-refractivity contribution is 7.99. The average Bonchev–Trinajstić information content (AvgIpc) is 3.15. The number of rotatable bonds is 8. The van der Waals surface area contributed by atoms with Crippen LogP contribution in [-0.2, 0) is 11.3 Å². The fraction of sp³-hybridized carbons (Fsp3) is 0.500. The summed E-state index contributed by atoms with van der Waals surface area (Å²) >= 11 is 1.67. The number of hydrogen-bond acceptors (Lipinski definition) is 5. The van der Waals surface area contributed by atoms with E-state index in [1.807, 2.05) is 16.8 Å². The second-order valence-corrected chi connectivity index (χ2v) is 8.45. The van der Waals surface area contributed by atoms with Gasteiger partial charge in [-0.15, -0.1) is 11.8 Å². The number of nitrogens with one attached hydrogen (secondary N) is 1. The van der Waals surface area contributed by atoms with Crippen LogP contribution in [0.25, 0.3) is 0 Å². The number of benzene rings is 1. The molecule has 0 spiro atoms. The molecule has 7 heteroatoms. The number of aromatic nitrogens is 2. The first-order valence-corrected chi connectivity index (χ1v) is 11.3. The quantitative estimate of drug-likeness (QED) is 0.514. The summed E-state index contributed by atoms with van der Waals surface area (Å²) in [6, 6.07) is 7.56. The molecule has 0 atom stereocenters. The van der Waals surface area contributed by atoms with Gasteiger partial charge in [-0.25, -0.2) is 4.79 Å². The molecule has 0 bridgehead atoms. The molecule has 0 aliphatic heterocycles. The molecule has 0 saturated heterocycles. The summed E-state index contributed by atoms with van der Waals surface area (Å²) in [6.45, 7) is 2.67. The van der Waals surface area contributed by atoms with E-state index in [9.17, 15) is 9.59 Å². The van der Waals surface area contributed by atoms with E-state index >= 15 is 0 Å². The SMILES string of the molecule is CCCSc1c(C(=O)NC2CCCCC2)cnn1Cc1ccc(C(=O)OC)cc1.